The summed E-state index contributed by atoms with van der Waals surface area (Å²) in [5, 5.41) is 9.21. The van der Waals surface area contributed by atoms with Crippen molar-refractivity contribution in [1.82, 2.24) is 4.98 Å². The van der Waals surface area contributed by atoms with E-state index in [1.807, 2.05) is 18.2 Å². The van der Waals surface area contributed by atoms with Gasteiger partial charge < -0.3 is 9.84 Å². The number of carboxylic acids is 1. The maximum Gasteiger partial charge on any atom is 0.355 e. The first-order valence-corrected chi connectivity index (χ1v) is 5.80. The number of carboxylic acid groups (broad SMARTS) is 1. The number of aromatic carboxylic acids is 1. The summed E-state index contributed by atoms with van der Waals surface area (Å²) in [4.78, 5) is 19.7. The number of hydrogen-bond acceptors (Lipinski definition) is 6. The maximum atomic E-state index is 11.0. The van der Waals surface area contributed by atoms with E-state index in [-0.39, 0.29) is 17.5 Å². The lowest BCUT2D eigenvalue weighted by molar-refractivity contribution is 0.0682. The molecule has 0 amide bonds. The van der Waals surface area contributed by atoms with Crippen LogP contribution in [0.2, 0.25) is 0 Å². The predicted molar refractivity (Wildman–Crippen MR) is 64.6 cm³/mol. The summed E-state index contributed by atoms with van der Waals surface area (Å²) in [5.74, 6) is 4.39. The lowest BCUT2D eigenvalue weighted by atomic mass is 10.3. The van der Waals surface area contributed by atoms with Crippen molar-refractivity contribution in [3.63, 3.8) is 0 Å². The van der Waals surface area contributed by atoms with Crippen LogP contribution in [0.4, 0.5) is 0 Å². The van der Waals surface area contributed by atoms with Gasteiger partial charge in [0.15, 0.2) is 5.69 Å². The van der Waals surface area contributed by atoms with Gasteiger partial charge in [-0.2, -0.15) is 4.98 Å². The molecule has 6 nitrogen and oxygen atoms in total. The van der Waals surface area contributed by atoms with Gasteiger partial charge in [-0.15, -0.1) is 0 Å². The normalized spacial score (nSPS) is 10.3. The van der Waals surface area contributed by atoms with E-state index in [0.717, 1.165) is 11.3 Å². The standard InChI is InChI=1S/C11H10N2O4S/c12-16-6-8-9(10(14)15)13-11(18-8)17-7-4-2-1-3-5-7/h1-5H,6,12H2,(H,14,15). The van der Waals surface area contributed by atoms with Crippen LogP contribution in [0.3, 0.4) is 0 Å². The Labute approximate surface area is 107 Å². The molecular weight excluding hydrogens is 256 g/mol. The molecule has 0 aliphatic rings. The van der Waals surface area contributed by atoms with Crippen LogP contribution in [-0.2, 0) is 11.4 Å². The third-order valence-corrected chi connectivity index (χ3v) is 2.95. The first-order valence-electron chi connectivity index (χ1n) is 4.98. The number of rotatable bonds is 5. The molecule has 0 saturated heterocycles. The first kappa shape index (κ1) is 12.5. The van der Waals surface area contributed by atoms with Crippen LogP contribution in [0.25, 0.3) is 0 Å². The van der Waals surface area contributed by atoms with Crippen molar-refractivity contribution in [1.29, 1.82) is 0 Å². The Balaban J connectivity index is 2.24. The third-order valence-electron chi connectivity index (χ3n) is 2.04. The van der Waals surface area contributed by atoms with Crippen LogP contribution in [0.5, 0.6) is 10.9 Å². The van der Waals surface area contributed by atoms with Gasteiger partial charge in [0, 0.05) is 0 Å². The summed E-state index contributed by atoms with van der Waals surface area (Å²) in [5.41, 5.74) is -0.101. The van der Waals surface area contributed by atoms with Crippen molar-refractivity contribution in [3.05, 3.63) is 40.9 Å². The molecule has 0 saturated carbocycles. The molecular formula is C11H10N2O4S. The van der Waals surface area contributed by atoms with Gasteiger partial charge in [-0.3, -0.25) is 4.84 Å². The molecule has 18 heavy (non-hydrogen) atoms. The average Bonchev–Trinajstić information content (AvgIpc) is 2.74. The molecule has 0 spiro atoms. The molecule has 0 aliphatic heterocycles. The summed E-state index contributed by atoms with van der Waals surface area (Å²) in [7, 11) is 0. The largest absolute Gasteiger partial charge is 0.476 e. The highest BCUT2D eigenvalue weighted by Crippen LogP contribution is 2.29. The van der Waals surface area contributed by atoms with Gasteiger partial charge in [0.2, 0.25) is 0 Å². The van der Waals surface area contributed by atoms with Crippen LogP contribution < -0.4 is 10.6 Å². The van der Waals surface area contributed by atoms with Gasteiger partial charge in [0.25, 0.3) is 5.19 Å². The molecule has 0 unspecified atom stereocenters. The minimum Gasteiger partial charge on any atom is -0.476 e. The number of para-hydroxylation sites is 1. The molecule has 0 bridgehead atoms. The van der Waals surface area contributed by atoms with Gasteiger partial charge in [0.05, 0.1) is 4.88 Å². The first-order chi connectivity index (χ1) is 8.70. The summed E-state index contributed by atoms with van der Waals surface area (Å²) in [6.45, 7) is -0.0164. The highest BCUT2D eigenvalue weighted by molar-refractivity contribution is 7.13. The minimum absolute atomic E-state index is 0.0164. The molecule has 0 atom stereocenters. The second-order valence-electron chi connectivity index (χ2n) is 3.28. The Bertz CT molecular complexity index is 541. The zero-order valence-electron chi connectivity index (χ0n) is 9.20. The molecule has 0 fully saturated rings. The molecule has 1 heterocycles. The second kappa shape index (κ2) is 5.58. The monoisotopic (exact) mass is 266 g/mol. The van der Waals surface area contributed by atoms with Crippen LogP contribution >= 0.6 is 11.3 Å². The SMILES string of the molecule is NOCc1sc(Oc2ccccc2)nc1C(=O)O. The smallest absolute Gasteiger partial charge is 0.355 e. The van der Waals surface area contributed by atoms with Crippen LogP contribution in [0.15, 0.2) is 30.3 Å². The molecule has 94 valence electrons. The molecule has 0 radical (unpaired) electrons. The van der Waals surface area contributed by atoms with Gasteiger partial charge in [-0.1, -0.05) is 29.5 Å². The van der Waals surface area contributed by atoms with E-state index < -0.39 is 5.97 Å². The van der Waals surface area contributed by atoms with Gasteiger partial charge in [-0.25, -0.2) is 10.7 Å². The number of carbonyl (C=O) groups is 1. The zero-order chi connectivity index (χ0) is 13.0. The Morgan fingerprint density at radius 3 is 2.72 bits per heavy atom. The number of nitrogens with two attached hydrogens (primary N) is 1. The average molecular weight is 266 g/mol. The number of hydrogen-bond donors (Lipinski definition) is 2. The van der Waals surface area contributed by atoms with Crippen molar-refractivity contribution < 1.29 is 19.5 Å². The van der Waals surface area contributed by atoms with Crippen LogP contribution in [0, 0.1) is 0 Å². The summed E-state index contributed by atoms with van der Waals surface area (Å²) >= 11 is 1.09. The van der Waals surface area contributed by atoms with Crippen molar-refractivity contribution in [2.24, 2.45) is 5.90 Å². The molecule has 1 aromatic heterocycles. The fraction of sp³-hybridized carbons (Fsp3) is 0.0909. The lowest BCUT2D eigenvalue weighted by Gasteiger charge is -1.99. The van der Waals surface area contributed by atoms with E-state index in [1.165, 1.54) is 0 Å². The fourth-order valence-electron chi connectivity index (χ4n) is 1.30. The Kier molecular flexibility index (Phi) is 3.88. The van der Waals surface area contributed by atoms with Crippen molar-refractivity contribution in [3.8, 4) is 10.9 Å². The summed E-state index contributed by atoms with van der Waals surface area (Å²) in [6, 6.07) is 8.98. The number of thiazole rings is 1. The lowest BCUT2D eigenvalue weighted by Crippen LogP contribution is -2.04. The highest BCUT2D eigenvalue weighted by atomic mass is 32.1. The molecule has 1 aromatic carbocycles. The van der Waals surface area contributed by atoms with Gasteiger partial charge in [-0.05, 0) is 12.1 Å². The predicted octanol–water partition coefficient (Wildman–Crippen LogP) is 2.02. The minimum atomic E-state index is -1.14. The molecule has 7 heteroatoms. The van der Waals surface area contributed by atoms with Gasteiger partial charge >= 0.3 is 5.97 Å². The number of ether oxygens (including phenoxy) is 1. The van der Waals surface area contributed by atoms with Crippen molar-refractivity contribution >= 4 is 17.3 Å². The third kappa shape index (κ3) is 2.83. The van der Waals surface area contributed by atoms with Crippen molar-refractivity contribution in [2.75, 3.05) is 0 Å². The zero-order valence-corrected chi connectivity index (χ0v) is 10.0. The van der Waals surface area contributed by atoms with Crippen LogP contribution in [-0.4, -0.2) is 16.1 Å². The Morgan fingerprint density at radius 1 is 1.39 bits per heavy atom. The number of nitrogens with zero attached hydrogens (tertiary/aromatic N) is 1. The quantitative estimate of drug-likeness (QED) is 0.804. The van der Waals surface area contributed by atoms with E-state index in [9.17, 15) is 4.79 Å². The Hall–Kier alpha value is -1.96. The maximum absolute atomic E-state index is 11.0. The van der Waals surface area contributed by atoms with E-state index in [0.29, 0.717) is 10.6 Å². The van der Waals surface area contributed by atoms with E-state index in [4.69, 9.17) is 15.7 Å². The topological polar surface area (TPSA) is 94.7 Å². The second-order valence-corrected chi connectivity index (χ2v) is 4.33. The van der Waals surface area contributed by atoms with Gasteiger partial charge in [0.1, 0.15) is 12.4 Å². The highest BCUT2D eigenvalue weighted by Gasteiger charge is 2.18. The Morgan fingerprint density at radius 2 is 2.11 bits per heavy atom. The molecule has 0 aliphatic carbocycles. The molecule has 3 N–H and O–H groups in total. The summed E-state index contributed by atoms with van der Waals surface area (Å²) < 4.78 is 5.44. The van der Waals surface area contributed by atoms with E-state index >= 15 is 0 Å². The number of aromatic nitrogens is 1. The molecule has 2 rings (SSSR count). The van der Waals surface area contributed by atoms with E-state index in [2.05, 4.69) is 9.82 Å². The van der Waals surface area contributed by atoms with E-state index in [1.54, 1.807) is 12.1 Å². The van der Waals surface area contributed by atoms with Crippen LogP contribution in [0.1, 0.15) is 15.4 Å². The summed E-state index contributed by atoms with van der Waals surface area (Å²) in [6.07, 6.45) is 0. The number of benzene rings is 1. The molecule has 2 aromatic rings. The van der Waals surface area contributed by atoms with Crippen molar-refractivity contribution in [2.45, 2.75) is 6.61 Å². The fourth-order valence-corrected chi connectivity index (χ4v) is 2.15.